The van der Waals surface area contributed by atoms with Crippen molar-refractivity contribution in [3.05, 3.63) is 23.4 Å². The number of nitrogen functional groups attached to an aromatic ring is 1. The molecule has 1 aromatic heterocycles. The van der Waals surface area contributed by atoms with Gasteiger partial charge in [-0.25, -0.2) is 4.98 Å². The number of hydrogen-bond acceptors (Lipinski definition) is 5. The van der Waals surface area contributed by atoms with Crippen molar-refractivity contribution in [2.24, 2.45) is 5.73 Å². The van der Waals surface area contributed by atoms with E-state index < -0.39 is 0 Å². The lowest BCUT2D eigenvalue weighted by atomic mass is 9.95. The molecular weight excluding hydrogens is 238 g/mol. The molecule has 0 aliphatic carbocycles. The molecule has 2 atom stereocenters. The van der Waals surface area contributed by atoms with Gasteiger partial charge < -0.3 is 21.3 Å². The number of nitrogens with two attached hydrogens (primary N) is 2. The van der Waals surface area contributed by atoms with Gasteiger partial charge in [0, 0.05) is 43.5 Å². The average Bonchev–Trinajstić information content (AvgIpc) is 2.33. The number of rotatable bonds is 3. The minimum absolute atomic E-state index is 0.0485. The molecule has 4 N–H and O–H groups in total. The first-order valence-corrected chi connectivity index (χ1v) is 6.84. The molecule has 2 unspecified atom stereocenters. The van der Waals surface area contributed by atoms with Crippen LogP contribution in [-0.2, 0) is 0 Å². The van der Waals surface area contributed by atoms with Crippen molar-refractivity contribution < 1.29 is 0 Å². The summed E-state index contributed by atoms with van der Waals surface area (Å²) < 4.78 is 0. The van der Waals surface area contributed by atoms with Crippen LogP contribution in [-0.4, -0.2) is 54.6 Å². The summed E-state index contributed by atoms with van der Waals surface area (Å²) in [5.74, 6) is 0.569. The Bertz CT molecular complexity index is 414. The van der Waals surface area contributed by atoms with Gasteiger partial charge in [-0.2, -0.15) is 0 Å². The van der Waals surface area contributed by atoms with Crippen molar-refractivity contribution in [3.8, 4) is 0 Å². The normalized spacial score (nSPS) is 23.5. The summed E-state index contributed by atoms with van der Waals surface area (Å²) in [6.07, 6.45) is 2.65. The molecule has 0 bridgehead atoms. The summed E-state index contributed by atoms with van der Waals surface area (Å²) >= 11 is 0. The van der Waals surface area contributed by atoms with Gasteiger partial charge in [-0.1, -0.05) is 0 Å². The first-order valence-electron chi connectivity index (χ1n) is 6.84. The van der Waals surface area contributed by atoms with E-state index in [-0.39, 0.29) is 6.04 Å². The van der Waals surface area contributed by atoms with Gasteiger partial charge >= 0.3 is 0 Å². The van der Waals surface area contributed by atoms with E-state index in [1.165, 1.54) is 0 Å². The van der Waals surface area contributed by atoms with Crippen LogP contribution < -0.4 is 11.5 Å². The summed E-state index contributed by atoms with van der Waals surface area (Å²) in [6, 6.07) is 2.41. The summed E-state index contributed by atoms with van der Waals surface area (Å²) in [4.78, 5) is 8.91. The molecule has 106 valence electrons. The van der Waals surface area contributed by atoms with Crippen LogP contribution in [0.5, 0.6) is 0 Å². The number of piperazine rings is 1. The second-order valence-corrected chi connectivity index (χ2v) is 5.67. The van der Waals surface area contributed by atoms with Crippen LogP contribution in [0.15, 0.2) is 12.3 Å². The van der Waals surface area contributed by atoms with Crippen LogP contribution in [0, 0.1) is 6.92 Å². The van der Waals surface area contributed by atoms with Gasteiger partial charge in [0.25, 0.3) is 0 Å². The molecule has 0 amide bonds. The molecule has 5 nitrogen and oxygen atoms in total. The van der Waals surface area contributed by atoms with Crippen LogP contribution in [0.3, 0.4) is 0 Å². The highest BCUT2D eigenvalue weighted by molar-refractivity contribution is 5.45. The number of hydrogen-bond donors (Lipinski definition) is 2. The van der Waals surface area contributed by atoms with Crippen LogP contribution >= 0.6 is 0 Å². The van der Waals surface area contributed by atoms with Crippen LogP contribution in [0.25, 0.3) is 0 Å². The van der Waals surface area contributed by atoms with Crippen molar-refractivity contribution in [2.45, 2.75) is 25.4 Å². The fourth-order valence-electron chi connectivity index (χ4n) is 2.84. The van der Waals surface area contributed by atoms with Gasteiger partial charge in [-0.15, -0.1) is 0 Å². The Morgan fingerprint density at radius 1 is 1.42 bits per heavy atom. The second kappa shape index (κ2) is 5.86. The molecule has 19 heavy (non-hydrogen) atoms. The van der Waals surface area contributed by atoms with Gasteiger partial charge in [0.15, 0.2) is 0 Å². The van der Waals surface area contributed by atoms with E-state index >= 15 is 0 Å². The van der Waals surface area contributed by atoms with Crippen molar-refractivity contribution >= 4 is 5.82 Å². The van der Waals surface area contributed by atoms with E-state index in [1.807, 2.05) is 13.0 Å². The summed E-state index contributed by atoms with van der Waals surface area (Å²) in [5.41, 5.74) is 14.5. The predicted octanol–water partition coefficient (Wildman–Crippen LogP) is 0.608. The number of aryl methyl sites for hydroxylation is 1. The van der Waals surface area contributed by atoms with E-state index in [2.05, 4.69) is 28.9 Å². The van der Waals surface area contributed by atoms with Crippen LogP contribution in [0.4, 0.5) is 5.82 Å². The predicted molar refractivity (Wildman–Crippen MR) is 78.8 cm³/mol. The molecule has 1 aliphatic heterocycles. The largest absolute Gasteiger partial charge is 0.383 e. The molecule has 2 rings (SSSR count). The van der Waals surface area contributed by atoms with Crippen molar-refractivity contribution in [3.63, 3.8) is 0 Å². The highest BCUT2D eigenvalue weighted by Gasteiger charge is 2.25. The topological polar surface area (TPSA) is 71.4 Å². The fourth-order valence-corrected chi connectivity index (χ4v) is 2.84. The fraction of sp³-hybridized carbons (Fsp3) is 0.643. The maximum Gasteiger partial charge on any atom is 0.128 e. The van der Waals surface area contributed by atoms with E-state index in [4.69, 9.17) is 11.5 Å². The molecule has 0 aromatic carbocycles. The minimum Gasteiger partial charge on any atom is -0.383 e. The zero-order valence-corrected chi connectivity index (χ0v) is 12.1. The Balaban J connectivity index is 2.10. The van der Waals surface area contributed by atoms with Crippen molar-refractivity contribution in [1.82, 2.24) is 14.8 Å². The van der Waals surface area contributed by atoms with E-state index in [1.54, 1.807) is 6.20 Å². The minimum atomic E-state index is -0.0485. The molecule has 0 saturated carbocycles. The number of pyridine rings is 1. The van der Waals surface area contributed by atoms with Gasteiger partial charge in [-0.3, -0.25) is 0 Å². The quantitative estimate of drug-likeness (QED) is 0.836. The highest BCUT2D eigenvalue weighted by atomic mass is 15.3. The highest BCUT2D eigenvalue weighted by Crippen LogP contribution is 2.26. The number of anilines is 1. The molecular formula is C14H25N5. The maximum atomic E-state index is 6.37. The summed E-state index contributed by atoms with van der Waals surface area (Å²) in [7, 11) is 4.33. The van der Waals surface area contributed by atoms with E-state index in [0.29, 0.717) is 11.9 Å². The lowest BCUT2D eigenvalue weighted by Crippen LogP contribution is -2.50. The van der Waals surface area contributed by atoms with Gasteiger partial charge in [-0.05, 0) is 39.1 Å². The standard InChI is InChI=1S/C14H25N5/c1-10-4-5-17-14(16)13(10)12(15)8-11-9-18(2)6-7-19(11)3/h4-5,11-12H,6-9,15H2,1-3H3,(H2,16,17). The lowest BCUT2D eigenvalue weighted by Gasteiger charge is -2.39. The zero-order chi connectivity index (χ0) is 14.0. The molecule has 2 heterocycles. The smallest absolute Gasteiger partial charge is 0.128 e. The molecule has 0 spiro atoms. The third kappa shape index (κ3) is 3.23. The monoisotopic (exact) mass is 263 g/mol. The van der Waals surface area contributed by atoms with Crippen molar-refractivity contribution in [2.75, 3.05) is 39.5 Å². The third-order valence-corrected chi connectivity index (χ3v) is 4.12. The van der Waals surface area contributed by atoms with Crippen LogP contribution in [0.1, 0.15) is 23.6 Å². The van der Waals surface area contributed by atoms with E-state index in [0.717, 1.165) is 37.2 Å². The molecule has 1 aromatic rings. The summed E-state index contributed by atoms with van der Waals surface area (Å²) in [6.45, 7) is 5.32. The lowest BCUT2D eigenvalue weighted by molar-refractivity contribution is 0.104. The Morgan fingerprint density at radius 2 is 2.16 bits per heavy atom. The van der Waals surface area contributed by atoms with Gasteiger partial charge in [0.05, 0.1) is 0 Å². The number of aromatic nitrogens is 1. The Morgan fingerprint density at radius 3 is 2.84 bits per heavy atom. The SMILES string of the molecule is Cc1ccnc(N)c1C(N)CC1CN(C)CCN1C. The molecule has 1 saturated heterocycles. The molecule has 1 fully saturated rings. The maximum absolute atomic E-state index is 6.37. The Kier molecular flexibility index (Phi) is 4.39. The van der Waals surface area contributed by atoms with Gasteiger partial charge in [0.1, 0.15) is 5.82 Å². The van der Waals surface area contributed by atoms with Crippen molar-refractivity contribution in [1.29, 1.82) is 0 Å². The first-order chi connectivity index (χ1) is 8.99. The Hall–Kier alpha value is -1.17. The number of nitrogens with zero attached hydrogens (tertiary/aromatic N) is 3. The molecule has 1 aliphatic rings. The number of likely N-dealkylation sites (N-methyl/N-ethyl adjacent to an activating group) is 2. The third-order valence-electron chi connectivity index (χ3n) is 4.12. The van der Waals surface area contributed by atoms with Crippen LogP contribution in [0.2, 0.25) is 0 Å². The Labute approximate surface area is 115 Å². The van der Waals surface area contributed by atoms with Gasteiger partial charge in [0.2, 0.25) is 0 Å². The second-order valence-electron chi connectivity index (χ2n) is 5.67. The first kappa shape index (κ1) is 14.2. The van der Waals surface area contributed by atoms with E-state index in [9.17, 15) is 0 Å². The average molecular weight is 263 g/mol. The zero-order valence-electron chi connectivity index (χ0n) is 12.1. The molecule has 5 heteroatoms. The molecule has 0 radical (unpaired) electrons. The summed E-state index contributed by atoms with van der Waals surface area (Å²) in [5, 5.41) is 0.